The van der Waals surface area contributed by atoms with Crippen molar-refractivity contribution in [1.82, 2.24) is 14.5 Å². The van der Waals surface area contributed by atoms with Gasteiger partial charge in [-0.1, -0.05) is 12.1 Å². The lowest BCUT2D eigenvalue weighted by Crippen LogP contribution is -2.38. The summed E-state index contributed by atoms with van der Waals surface area (Å²) in [4.78, 5) is 33.2. The number of fused-ring (bicyclic) bond motifs is 2. The summed E-state index contributed by atoms with van der Waals surface area (Å²) in [6, 6.07) is 9.58. The van der Waals surface area contributed by atoms with Crippen LogP contribution in [0.25, 0.3) is 10.9 Å². The maximum atomic E-state index is 12.8. The number of hydrogen-bond donors (Lipinski definition) is 0. The highest BCUT2D eigenvalue weighted by Crippen LogP contribution is 2.33. The van der Waals surface area contributed by atoms with Crippen molar-refractivity contribution < 1.29 is 4.79 Å². The second-order valence-electron chi connectivity index (χ2n) is 6.72. The second kappa shape index (κ2) is 6.68. The molecule has 4 rings (SSSR count). The lowest BCUT2D eigenvalue weighted by molar-refractivity contribution is -0.133. The monoisotopic (exact) mass is 367 g/mol. The number of hydrogen-bond acceptors (Lipinski definition) is 4. The molecule has 2 aromatic heterocycles. The molecule has 0 fully saturated rings. The molecule has 5 nitrogen and oxygen atoms in total. The average Bonchev–Trinajstić information content (AvgIpc) is 3.13. The first-order valence-electron chi connectivity index (χ1n) is 8.86. The summed E-state index contributed by atoms with van der Waals surface area (Å²) in [5.74, 6) is 0.777. The molecule has 1 aromatic carbocycles. The van der Waals surface area contributed by atoms with E-state index in [0.29, 0.717) is 29.6 Å². The van der Waals surface area contributed by atoms with Gasteiger partial charge in [0, 0.05) is 31.3 Å². The van der Waals surface area contributed by atoms with E-state index in [1.165, 1.54) is 10.4 Å². The van der Waals surface area contributed by atoms with Crippen molar-refractivity contribution in [2.24, 2.45) is 7.05 Å². The lowest BCUT2D eigenvalue weighted by atomic mass is 10.0. The summed E-state index contributed by atoms with van der Waals surface area (Å²) in [5, 5.41) is 2.71. The van der Waals surface area contributed by atoms with Crippen LogP contribution in [0.4, 0.5) is 0 Å². The highest BCUT2D eigenvalue weighted by molar-refractivity contribution is 7.10. The van der Waals surface area contributed by atoms with Gasteiger partial charge in [0.15, 0.2) is 0 Å². The molecule has 0 aliphatic carbocycles. The molecule has 0 saturated carbocycles. The molecule has 1 aliphatic rings. The molecule has 0 radical (unpaired) electrons. The van der Waals surface area contributed by atoms with E-state index >= 15 is 0 Å². The fourth-order valence-electron chi connectivity index (χ4n) is 3.70. The van der Waals surface area contributed by atoms with Crippen LogP contribution >= 0.6 is 11.3 Å². The minimum Gasteiger partial charge on any atom is -0.336 e. The number of carbonyl (C=O) groups is 1. The van der Waals surface area contributed by atoms with E-state index in [4.69, 9.17) is 0 Å². The Morgan fingerprint density at radius 1 is 1.31 bits per heavy atom. The molecule has 3 heterocycles. The average molecular weight is 367 g/mol. The van der Waals surface area contributed by atoms with E-state index in [2.05, 4.69) is 23.4 Å². The Bertz CT molecular complexity index is 1040. The first-order valence-corrected chi connectivity index (χ1v) is 9.74. The number of aromatic nitrogens is 2. The molecular formula is C20H21N3O2S. The van der Waals surface area contributed by atoms with Crippen LogP contribution < -0.4 is 5.56 Å². The van der Waals surface area contributed by atoms with E-state index in [-0.39, 0.29) is 17.5 Å². The minimum absolute atomic E-state index is 0.0627. The van der Waals surface area contributed by atoms with Crippen LogP contribution in [0.2, 0.25) is 0 Å². The first kappa shape index (κ1) is 17.0. The van der Waals surface area contributed by atoms with Crippen molar-refractivity contribution in [2.75, 3.05) is 6.54 Å². The lowest BCUT2D eigenvalue weighted by Gasteiger charge is -2.33. The number of aryl methyl sites for hydroxylation is 1. The number of benzene rings is 1. The van der Waals surface area contributed by atoms with Gasteiger partial charge in [0.25, 0.3) is 5.56 Å². The summed E-state index contributed by atoms with van der Waals surface area (Å²) in [6.45, 7) is 2.85. The maximum absolute atomic E-state index is 12.8. The van der Waals surface area contributed by atoms with Crippen molar-refractivity contribution in [3.8, 4) is 0 Å². The largest absolute Gasteiger partial charge is 0.336 e. The van der Waals surface area contributed by atoms with Gasteiger partial charge < -0.3 is 4.90 Å². The standard InChI is InChI=1S/C20H21N3O2S/c1-13-14-10-12-26-17(14)9-11-23(13)19(24)8-7-18-21-16-6-4-3-5-15(16)20(25)22(18)2/h3-6,10,12-13H,7-9,11H2,1-2H3/t13-/m1/s1. The molecule has 26 heavy (non-hydrogen) atoms. The van der Waals surface area contributed by atoms with E-state index in [1.807, 2.05) is 23.1 Å². The van der Waals surface area contributed by atoms with Crippen LogP contribution in [-0.2, 0) is 24.7 Å². The van der Waals surface area contributed by atoms with Crippen LogP contribution in [0.3, 0.4) is 0 Å². The number of rotatable bonds is 3. The summed E-state index contributed by atoms with van der Waals surface area (Å²) >= 11 is 1.77. The number of para-hydroxylation sites is 1. The number of nitrogens with zero attached hydrogens (tertiary/aromatic N) is 3. The van der Waals surface area contributed by atoms with Crippen molar-refractivity contribution >= 4 is 28.1 Å². The Hall–Kier alpha value is -2.47. The fraction of sp³-hybridized carbons (Fsp3) is 0.350. The fourth-order valence-corrected chi connectivity index (χ4v) is 4.66. The Kier molecular flexibility index (Phi) is 4.36. The molecule has 1 atom stereocenters. The van der Waals surface area contributed by atoms with Gasteiger partial charge in [0.2, 0.25) is 5.91 Å². The van der Waals surface area contributed by atoms with Gasteiger partial charge in [-0.25, -0.2) is 4.98 Å². The molecule has 0 N–H and O–H groups in total. The predicted molar refractivity (Wildman–Crippen MR) is 103 cm³/mol. The number of carbonyl (C=O) groups excluding carboxylic acids is 1. The Morgan fingerprint density at radius 3 is 2.96 bits per heavy atom. The third-order valence-corrected chi connectivity index (χ3v) is 6.23. The summed E-state index contributed by atoms with van der Waals surface area (Å²) in [5.41, 5.74) is 1.89. The van der Waals surface area contributed by atoms with Crippen LogP contribution in [0.5, 0.6) is 0 Å². The van der Waals surface area contributed by atoms with Gasteiger partial charge in [-0.15, -0.1) is 11.3 Å². The molecule has 1 aliphatic heterocycles. The van der Waals surface area contributed by atoms with E-state index in [1.54, 1.807) is 29.0 Å². The zero-order valence-corrected chi connectivity index (χ0v) is 15.8. The van der Waals surface area contributed by atoms with Crippen LogP contribution in [0, 0.1) is 0 Å². The molecular weight excluding hydrogens is 346 g/mol. The molecule has 0 spiro atoms. The molecule has 0 saturated heterocycles. The number of thiophene rings is 1. The quantitative estimate of drug-likeness (QED) is 0.715. The van der Waals surface area contributed by atoms with Gasteiger partial charge in [-0.05, 0) is 42.5 Å². The molecule has 3 aromatic rings. The second-order valence-corrected chi connectivity index (χ2v) is 7.72. The zero-order chi connectivity index (χ0) is 18.3. The van der Waals surface area contributed by atoms with E-state index < -0.39 is 0 Å². The van der Waals surface area contributed by atoms with Gasteiger partial charge in [-0.3, -0.25) is 14.2 Å². The van der Waals surface area contributed by atoms with Crippen molar-refractivity contribution in [2.45, 2.75) is 32.2 Å². The molecule has 0 unspecified atom stereocenters. The zero-order valence-electron chi connectivity index (χ0n) is 14.9. The highest BCUT2D eigenvalue weighted by atomic mass is 32.1. The smallest absolute Gasteiger partial charge is 0.261 e. The topological polar surface area (TPSA) is 55.2 Å². The predicted octanol–water partition coefficient (Wildman–Crippen LogP) is 3.07. The van der Waals surface area contributed by atoms with Gasteiger partial charge in [0.1, 0.15) is 5.82 Å². The molecule has 1 amide bonds. The van der Waals surface area contributed by atoms with Gasteiger partial charge >= 0.3 is 0 Å². The third-order valence-electron chi connectivity index (χ3n) is 5.24. The normalized spacial score (nSPS) is 16.7. The van der Waals surface area contributed by atoms with Crippen molar-refractivity contribution in [1.29, 1.82) is 0 Å². The summed E-state index contributed by atoms with van der Waals surface area (Å²) in [6.07, 6.45) is 1.76. The van der Waals surface area contributed by atoms with Crippen molar-refractivity contribution in [3.63, 3.8) is 0 Å². The Balaban J connectivity index is 1.53. The molecule has 134 valence electrons. The maximum Gasteiger partial charge on any atom is 0.261 e. The first-order chi connectivity index (χ1) is 12.6. The van der Waals surface area contributed by atoms with Gasteiger partial charge in [-0.2, -0.15) is 0 Å². The molecule has 0 bridgehead atoms. The van der Waals surface area contributed by atoms with Crippen molar-refractivity contribution in [3.05, 3.63) is 62.3 Å². The van der Waals surface area contributed by atoms with Crippen LogP contribution in [0.1, 0.15) is 35.7 Å². The van der Waals surface area contributed by atoms with Crippen LogP contribution in [-0.4, -0.2) is 26.9 Å². The van der Waals surface area contributed by atoms with E-state index in [9.17, 15) is 9.59 Å². The Labute approximate surface area is 155 Å². The Morgan fingerprint density at radius 2 is 2.12 bits per heavy atom. The highest BCUT2D eigenvalue weighted by Gasteiger charge is 2.28. The summed E-state index contributed by atoms with van der Waals surface area (Å²) < 4.78 is 1.56. The summed E-state index contributed by atoms with van der Waals surface area (Å²) in [7, 11) is 1.72. The minimum atomic E-state index is -0.0627. The SMILES string of the molecule is C[C@@H]1c2ccsc2CCN1C(=O)CCc1nc2ccccc2c(=O)n1C. The van der Waals surface area contributed by atoms with E-state index in [0.717, 1.165) is 13.0 Å². The molecule has 6 heteroatoms. The number of amides is 1. The third kappa shape index (κ3) is 2.84. The van der Waals surface area contributed by atoms with Gasteiger partial charge in [0.05, 0.1) is 16.9 Å². The van der Waals surface area contributed by atoms with Crippen LogP contribution in [0.15, 0.2) is 40.5 Å².